The summed E-state index contributed by atoms with van der Waals surface area (Å²) in [6, 6.07) is 10.8. The van der Waals surface area contributed by atoms with E-state index in [2.05, 4.69) is 31.9 Å². The average molecular weight is 546 g/mol. The molecule has 2 aromatic carbocycles. The van der Waals surface area contributed by atoms with Crippen LogP contribution in [0.5, 0.6) is 0 Å². The fourth-order valence-electron chi connectivity index (χ4n) is 4.80. The molecule has 1 aliphatic rings. The first kappa shape index (κ1) is 27.4. The number of hydrogen-bond acceptors (Lipinski definition) is 4. The summed E-state index contributed by atoms with van der Waals surface area (Å²) in [6.45, 7) is 5.54. The van der Waals surface area contributed by atoms with Crippen LogP contribution in [0.25, 0.3) is 10.9 Å². The van der Waals surface area contributed by atoms with E-state index >= 15 is 0 Å². The van der Waals surface area contributed by atoms with E-state index < -0.39 is 17.6 Å². The van der Waals surface area contributed by atoms with Crippen molar-refractivity contribution in [2.45, 2.75) is 19.6 Å². The topological polar surface area (TPSA) is 53.4 Å². The van der Waals surface area contributed by atoms with Crippen LogP contribution in [0.15, 0.2) is 61.1 Å². The van der Waals surface area contributed by atoms with Crippen LogP contribution in [-0.2, 0) is 19.8 Å². The van der Waals surface area contributed by atoms with E-state index in [9.17, 15) is 18.0 Å². The molecule has 0 atom stereocenters. The van der Waals surface area contributed by atoms with Gasteiger partial charge in [0.15, 0.2) is 0 Å². The molecule has 1 fully saturated rings. The second kappa shape index (κ2) is 11.2. The van der Waals surface area contributed by atoms with Gasteiger partial charge in [0, 0.05) is 74.4 Å². The zero-order chi connectivity index (χ0) is 28.4. The number of rotatable bonds is 4. The van der Waals surface area contributed by atoms with Gasteiger partial charge in [-0.25, -0.2) is 0 Å². The highest BCUT2D eigenvalue weighted by Gasteiger charge is 2.31. The second-order valence-corrected chi connectivity index (χ2v) is 10.3. The van der Waals surface area contributed by atoms with Crippen molar-refractivity contribution in [2.75, 3.05) is 38.5 Å². The Morgan fingerprint density at radius 3 is 2.48 bits per heavy atom. The molecule has 0 unspecified atom stereocenters. The number of amides is 1. The molecule has 1 amide bonds. The number of piperazine rings is 1. The van der Waals surface area contributed by atoms with E-state index in [1.54, 1.807) is 36.7 Å². The fourth-order valence-corrected chi connectivity index (χ4v) is 4.80. The van der Waals surface area contributed by atoms with Gasteiger partial charge in [0.25, 0.3) is 5.91 Å². The summed E-state index contributed by atoms with van der Waals surface area (Å²) in [4.78, 5) is 21.7. The van der Waals surface area contributed by atoms with Crippen molar-refractivity contribution >= 4 is 22.5 Å². The van der Waals surface area contributed by atoms with Crippen molar-refractivity contribution in [1.82, 2.24) is 19.4 Å². The largest absolute Gasteiger partial charge is 0.416 e. The Hall–Kier alpha value is -4.13. The molecule has 4 aromatic rings. The lowest BCUT2D eigenvalue weighted by Crippen LogP contribution is -2.43. The monoisotopic (exact) mass is 545 g/mol. The van der Waals surface area contributed by atoms with E-state index in [-0.39, 0.29) is 5.69 Å². The normalized spacial score (nSPS) is 14.7. The van der Waals surface area contributed by atoms with Gasteiger partial charge < -0.3 is 14.8 Å². The molecule has 1 N–H and O–H groups in total. The molecule has 40 heavy (non-hydrogen) atoms. The smallest absolute Gasteiger partial charge is 0.349 e. The third kappa shape index (κ3) is 6.19. The fraction of sp³-hybridized carbons (Fsp3) is 0.290. The van der Waals surface area contributed by atoms with Crippen molar-refractivity contribution in [2.24, 2.45) is 7.05 Å². The predicted octanol–water partition coefficient (Wildman–Crippen LogP) is 5.30. The van der Waals surface area contributed by atoms with Gasteiger partial charge in [-0.1, -0.05) is 17.9 Å². The molecule has 0 aliphatic carbocycles. The molecule has 0 saturated carbocycles. The summed E-state index contributed by atoms with van der Waals surface area (Å²) in [5.41, 5.74) is 3.41. The molecule has 1 aliphatic heterocycles. The number of hydrogen-bond donors (Lipinski definition) is 1. The van der Waals surface area contributed by atoms with Crippen LogP contribution in [0.1, 0.15) is 38.2 Å². The van der Waals surface area contributed by atoms with Gasteiger partial charge in [0.2, 0.25) is 0 Å². The molecule has 3 heterocycles. The Morgan fingerprint density at radius 2 is 1.73 bits per heavy atom. The number of anilines is 1. The van der Waals surface area contributed by atoms with Crippen LogP contribution in [-0.4, -0.2) is 58.5 Å². The van der Waals surface area contributed by atoms with E-state index in [4.69, 9.17) is 0 Å². The molecule has 2 aromatic heterocycles. The SMILES string of the molecule is Cc1ccc(C(=O)Nc2cc(CN3CCN(C)CC3)cc(C(F)(F)F)c2)cc1C#Cc1cncc2c1ccn2C. The molecule has 0 spiro atoms. The number of benzene rings is 2. The second-order valence-electron chi connectivity index (χ2n) is 10.3. The first-order valence-corrected chi connectivity index (χ1v) is 13.0. The van der Waals surface area contributed by atoms with Crippen molar-refractivity contribution in [3.05, 3.63) is 94.4 Å². The highest BCUT2D eigenvalue weighted by molar-refractivity contribution is 6.04. The lowest BCUT2D eigenvalue weighted by atomic mass is 10.0. The van der Waals surface area contributed by atoms with Crippen LogP contribution in [0.4, 0.5) is 18.9 Å². The molecular formula is C31H30F3N5O. The number of alkyl halides is 3. The predicted molar refractivity (Wildman–Crippen MR) is 150 cm³/mol. The molecule has 1 saturated heterocycles. The average Bonchev–Trinajstić information content (AvgIpc) is 3.30. The summed E-state index contributed by atoms with van der Waals surface area (Å²) in [7, 11) is 3.96. The van der Waals surface area contributed by atoms with Gasteiger partial charge in [-0.2, -0.15) is 13.2 Å². The number of aromatic nitrogens is 2. The van der Waals surface area contributed by atoms with Crippen molar-refractivity contribution in [3.8, 4) is 11.8 Å². The maximum absolute atomic E-state index is 13.7. The summed E-state index contributed by atoms with van der Waals surface area (Å²) >= 11 is 0. The van der Waals surface area contributed by atoms with Crippen molar-refractivity contribution in [1.29, 1.82) is 0 Å². The Balaban J connectivity index is 1.39. The Labute approximate surface area is 231 Å². The number of nitrogens with one attached hydrogen (secondary N) is 1. The van der Waals surface area contributed by atoms with Gasteiger partial charge in [-0.05, 0) is 61.5 Å². The van der Waals surface area contributed by atoms with Crippen LogP contribution >= 0.6 is 0 Å². The Kier molecular flexibility index (Phi) is 7.66. The van der Waals surface area contributed by atoms with Crippen LogP contribution in [0, 0.1) is 18.8 Å². The van der Waals surface area contributed by atoms with E-state index in [0.29, 0.717) is 23.2 Å². The Bertz CT molecular complexity index is 1620. The standard InChI is InChI=1S/C31H30F3N5O/c1-21-4-5-24(16-23(21)6-7-25-18-35-19-29-28(25)8-9-38(29)3)30(40)36-27-15-22(14-26(17-27)31(32,33)34)20-39-12-10-37(2)11-13-39/h4-5,8-9,14-19H,10-13,20H2,1-3H3,(H,36,40). The minimum atomic E-state index is -4.53. The number of halogens is 3. The van der Waals surface area contributed by atoms with Gasteiger partial charge in [0.1, 0.15) is 0 Å². The number of pyridine rings is 1. The van der Waals surface area contributed by atoms with E-state index in [1.165, 1.54) is 0 Å². The van der Waals surface area contributed by atoms with E-state index in [0.717, 1.165) is 60.3 Å². The highest BCUT2D eigenvalue weighted by Crippen LogP contribution is 2.32. The zero-order valence-corrected chi connectivity index (χ0v) is 22.6. The molecule has 6 nitrogen and oxygen atoms in total. The molecule has 0 radical (unpaired) electrons. The number of nitrogens with zero attached hydrogens (tertiary/aromatic N) is 4. The highest BCUT2D eigenvalue weighted by atomic mass is 19.4. The number of fused-ring (bicyclic) bond motifs is 1. The first-order valence-electron chi connectivity index (χ1n) is 13.0. The molecule has 5 rings (SSSR count). The first-order chi connectivity index (χ1) is 19.1. The molecular weight excluding hydrogens is 515 g/mol. The third-order valence-electron chi connectivity index (χ3n) is 7.22. The zero-order valence-electron chi connectivity index (χ0n) is 22.6. The summed E-state index contributed by atoms with van der Waals surface area (Å²) in [5, 5.41) is 3.66. The maximum atomic E-state index is 13.7. The quantitative estimate of drug-likeness (QED) is 0.354. The number of aryl methyl sites for hydroxylation is 2. The van der Waals surface area contributed by atoms with Crippen LogP contribution < -0.4 is 5.32 Å². The van der Waals surface area contributed by atoms with Gasteiger partial charge in [0.05, 0.1) is 22.8 Å². The van der Waals surface area contributed by atoms with Gasteiger partial charge in [-0.15, -0.1) is 0 Å². The minimum absolute atomic E-state index is 0.110. The summed E-state index contributed by atoms with van der Waals surface area (Å²) in [5.74, 6) is 5.80. The number of likely N-dealkylation sites (N-methyl/N-ethyl adjacent to an activating group) is 1. The molecule has 206 valence electrons. The van der Waals surface area contributed by atoms with Crippen LogP contribution in [0.2, 0.25) is 0 Å². The summed E-state index contributed by atoms with van der Waals surface area (Å²) < 4.78 is 43.1. The molecule has 9 heteroatoms. The summed E-state index contributed by atoms with van der Waals surface area (Å²) in [6.07, 6.45) is 0.897. The van der Waals surface area contributed by atoms with Gasteiger partial charge >= 0.3 is 6.18 Å². The lowest BCUT2D eigenvalue weighted by Gasteiger charge is -2.32. The molecule has 0 bridgehead atoms. The number of carbonyl (C=O) groups is 1. The van der Waals surface area contributed by atoms with Crippen molar-refractivity contribution < 1.29 is 18.0 Å². The Morgan fingerprint density at radius 1 is 0.975 bits per heavy atom. The number of carbonyl (C=O) groups excluding carboxylic acids is 1. The van der Waals surface area contributed by atoms with Crippen molar-refractivity contribution in [3.63, 3.8) is 0 Å². The third-order valence-corrected chi connectivity index (χ3v) is 7.22. The lowest BCUT2D eigenvalue weighted by molar-refractivity contribution is -0.137. The van der Waals surface area contributed by atoms with Gasteiger partial charge in [-0.3, -0.25) is 14.7 Å². The minimum Gasteiger partial charge on any atom is -0.349 e. The maximum Gasteiger partial charge on any atom is 0.416 e. The van der Waals surface area contributed by atoms with Crippen LogP contribution in [0.3, 0.4) is 0 Å². The van der Waals surface area contributed by atoms with E-state index in [1.807, 2.05) is 37.8 Å².